The van der Waals surface area contributed by atoms with Crippen molar-refractivity contribution in [2.75, 3.05) is 6.61 Å². The SMILES string of the molecule is CCOC(=O)c1cc(Cn2ccc3ccc(-c4cc5cccc(Cl)c5s4)cc32)[nH]n1. The molecule has 0 saturated heterocycles. The maximum atomic E-state index is 11.9. The third-order valence-electron chi connectivity index (χ3n) is 5.01. The van der Waals surface area contributed by atoms with Crippen LogP contribution in [0.2, 0.25) is 5.02 Å². The largest absolute Gasteiger partial charge is 0.461 e. The predicted octanol–water partition coefficient (Wildman–Crippen LogP) is 6.12. The van der Waals surface area contributed by atoms with Crippen molar-refractivity contribution in [3.8, 4) is 10.4 Å². The smallest absolute Gasteiger partial charge is 0.358 e. The molecule has 3 heterocycles. The van der Waals surface area contributed by atoms with Crippen molar-refractivity contribution in [2.45, 2.75) is 13.5 Å². The summed E-state index contributed by atoms with van der Waals surface area (Å²) in [6, 6.07) is 18.5. The highest BCUT2D eigenvalue weighted by molar-refractivity contribution is 7.22. The van der Waals surface area contributed by atoms with E-state index < -0.39 is 5.97 Å². The first kappa shape index (κ1) is 18.9. The summed E-state index contributed by atoms with van der Waals surface area (Å²) in [5, 5.41) is 10.1. The van der Waals surface area contributed by atoms with Crippen molar-refractivity contribution in [3.05, 3.63) is 77.2 Å². The van der Waals surface area contributed by atoms with Crippen LogP contribution < -0.4 is 0 Å². The predicted molar refractivity (Wildman–Crippen MR) is 121 cm³/mol. The third-order valence-corrected chi connectivity index (χ3v) is 6.67. The molecule has 0 aliphatic rings. The molecule has 3 aromatic heterocycles. The molecule has 2 aromatic carbocycles. The normalized spacial score (nSPS) is 11.4. The Bertz CT molecular complexity index is 1380. The lowest BCUT2D eigenvalue weighted by atomic mass is 10.1. The number of aromatic amines is 1. The summed E-state index contributed by atoms with van der Waals surface area (Å²) in [7, 11) is 0. The van der Waals surface area contributed by atoms with Gasteiger partial charge >= 0.3 is 5.97 Å². The van der Waals surface area contributed by atoms with E-state index in [-0.39, 0.29) is 0 Å². The lowest BCUT2D eigenvalue weighted by Crippen LogP contribution is -2.04. The molecule has 0 radical (unpaired) electrons. The number of nitrogens with zero attached hydrogens (tertiary/aromatic N) is 2. The monoisotopic (exact) mass is 435 g/mol. The van der Waals surface area contributed by atoms with E-state index in [0.717, 1.165) is 37.3 Å². The first-order chi connectivity index (χ1) is 14.6. The second kappa shape index (κ2) is 7.63. The molecule has 0 spiro atoms. The summed E-state index contributed by atoms with van der Waals surface area (Å²) in [6.07, 6.45) is 2.04. The molecular weight excluding hydrogens is 418 g/mol. The van der Waals surface area contributed by atoms with Gasteiger partial charge in [-0.05, 0) is 53.6 Å². The fourth-order valence-corrected chi connectivity index (χ4v) is 4.94. The lowest BCUT2D eigenvalue weighted by molar-refractivity contribution is 0.0519. The number of halogens is 1. The van der Waals surface area contributed by atoms with Crippen LogP contribution in [0.3, 0.4) is 0 Å². The van der Waals surface area contributed by atoms with Crippen molar-refractivity contribution in [2.24, 2.45) is 0 Å². The molecule has 1 N–H and O–H groups in total. The maximum Gasteiger partial charge on any atom is 0.358 e. The third kappa shape index (κ3) is 3.38. The summed E-state index contributed by atoms with van der Waals surface area (Å²) >= 11 is 8.06. The van der Waals surface area contributed by atoms with E-state index in [1.807, 2.05) is 18.3 Å². The van der Waals surface area contributed by atoms with Gasteiger partial charge in [-0.2, -0.15) is 5.10 Å². The number of H-pyrrole nitrogens is 1. The Morgan fingerprint density at radius 2 is 2.07 bits per heavy atom. The minimum Gasteiger partial charge on any atom is -0.461 e. The summed E-state index contributed by atoms with van der Waals surface area (Å²) in [6.45, 7) is 2.69. The number of hydrogen-bond acceptors (Lipinski definition) is 4. The quantitative estimate of drug-likeness (QED) is 0.338. The van der Waals surface area contributed by atoms with E-state index in [0.29, 0.717) is 18.8 Å². The second-order valence-electron chi connectivity index (χ2n) is 6.98. The van der Waals surface area contributed by atoms with Gasteiger partial charge in [-0.15, -0.1) is 11.3 Å². The molecular formula is C23H18ClN3O2S. The van der Waals surface area contributed by atoms with Crippen LogP contribution in [-0.2, 0) is 11.3 Å². The Labute approximate surface area is 181 Å². The molecule has 0 unspecified atom stereocenters. The number of nitrogens with one attached hydrogen (secondary N) is 1. The summed E-state index contributed by atoms with van der Waals surface area (Å²) < 4.78 is 8.25. The minimum atomic E-state index is -0.414. The van der Waals surface area contributed by atoms with Gasteiger partial charge < -0.3 is 9.30 Å². The van der Waals surface area contributed by atoms with Crippen LogP contribution in [0.4, 0.5) is 0 Å². The van der Waals surface area contributed by atoms with E-state index in [9.17, 15) is 4.79 Å². The molecule has 0 amide bonds. The van der Waals surface area contributed by atoms with Crippen molar-refractivity contribution in [1.82, 2.24) is 14.8 Å². The Kier molecular flexibility index (Phi) is 4.81. The lowest BCUT2D eigenvalue weighted by Gasteiger charge is -2.05. The average molecular weight is 436 g/mol. The first-order valence-corrected chi connectivity index (χ1v) is 10.8. The second-order valence-corrected chi connectivity index (χ2v) is 8.44. The minimum absolute atomic E-state index is 0.297. The number of thiophene rings is 1. The van der Waals surface area contributed by atoms with Gasteiger partial charge in [0.2, 0.25) is 0 Å². The molecule has 0 bridgehead atoms. The average Bonchev–Trinajstić information content (AvgIpc) is 3.47. The molecule has 7 heteroatoms. The van der Waals surface area contributed by atoms with E-state index in [4.69, 9.17) is 16.3 Å². The topological polar surface area (TPSA) is 59.9 Å². The number of carbonyl (C=O) groups is 1. The summed E-state index contributed by atoms with van der Waals surface area (Å²) in [4.78, 5) is 13.0. The number of benzene rings is 2. The van der Waals surface area contributed by atoms with Gasteiger partial charge in [0, 0.05) is 16.6 Å². The standard InChI is InChI=1S/C23H18ClN3O2S/c1-2-29-23(28)19-12-17(25-26-19)13-27-9-8-14-6-7-15(10-20(14)27)21-11-16-4-3-5-18(24)22(16)30-21/h3-12H,2,13H2,1H3,(H,25,26). The zero-order chi connectivity index (χ0) is 20.7. The molecule has 5 aromatic rings. The number of esters is 1. The van der Waals surface area contributed by atoms with Crippen LogP contribution in [-0.4, -0.2) is 27.3 Å². The van der Waals surface area contributed by atoms with Gasteiger partial charge in [-0.25, -0.2) is 4.79 Å². The van der Waals surface area contributed by atoms with Crippen LogP contribution in [0.1, 0.15) is 23.1 Å². The van der Waals surface area contributed by atoms with Crippen LogP contribution >= 0.6 is 22.9 Å². The van der Waals surface area contributed by atoms with E-state index >= 15 is 0 Å². The first-order valence-electron chi connectivity index (χ1n) is 9.61. The van der Waals surface area contributed by atoms with Gasteiger partial charge in [0.05, 0.1) is 28.6 Å². The van der Waals surface area contributed by atoms with Crippen molar-refractivity contribution in [3.63, 3.8) is 0 Å². The molecule has 30 heavy (non-hydrogen) atoms. The Morgan fingerprint density at radius 1 is 1.17 bits per heavy atom. The summed E-state index contributed by atoms with van der Waals surface area (Å²) in [5.41, 5.74) is 3.40. The number of ether oxygens (including phenoxy) is 1. The summed E-state index contributed by atoms with van der Waals surface area (Å²) in [5.74, 6) is -0.414. The Morgan fingerprint density at radius 3 is 2.90 bits per heavy atom. The molecule has 0 fully saturated rings. The molecule has 0 atom stereocenters. The number of rotatable bonds is 5. The zero-order valence-corrected chi connectivity index (χ0v) is 17.8. The van der Waals surface area contributed by atoms with Crippen molar-refractivity contribution in [1.29, 1.82) is 0 Å². The number of aromatic nitrogens is 3. The van der Waals surface area contributed by atoms with E-state index in [1.54, 1.807) is 24.3 Å². The van der Waals surface area contributed by atoms with Crippen LogP contribution in [0, 0.1) is 0 Å². The van der Waals surface area contributed by atoms with E-state index in [2.05, 4.69) is 51.2 Å². The van der Waals surface area contributed by atoms with Gasteiger partial charge in [0.25, 0.3) is 0 Å². The molecule has 0 aliphatic carbocycles. The molecule has 5 nitrogen and oxygen atoms in total. The molecule has 0 aliphatic heterocycles. The van der Waals surface area contributed by atoms with Crippen LogP contribution in [0.25, 0.3) is 31.4 Å². The molecule has 0 saturated carbocycles. The highest BCUT2D eigenvalue weighted by atomic mass is 35.5. The van der Waals surface area contributed by atoms with Crippen molar-refractivity contribution < 1.29 is 9.53 Å². The Balaban J connectivity index is 1.48. The zero-order valence-electron chi connectivity index (χ0n) is 16.2. The van der Waals surface area contributed by atoms with Gasteiger partial charge in [0.1, 0.15) is 0 Å². The molecule has 150 valence electrons. The number of carbonyl (C=O) groups excluding carboxylic acids is 1. The number of fused-ring (bicyclic) bond motifs is 2. The highest BCUT2D eigenvalue weighted by Crippen LogP contribution is 2.38. The van der Waals surface area contributed by atoms with Crippen molar-refractivity contribution >= 4 is 49.9 Å². The fourth-order valence-electron chi connectivity index (χ4n) is 3.58. The maximum absolute atomic E-state index is 11.9. The van der Waals surface area contributed by atoms with Gasteiger partial charge in [-0.1, -0.05) is 35.9 Å². The number of hydrogen-bond donors (Lipinski definition) is 1. The van der Waals surface area contributed by atoms with E-state index in [1.165, 1.54) is 4.88 Å². The van der Waals surface area contributed by atoms with Crippen LogP contribution in [0.5, 0.6) is 0 Å². The van der Waals surface area contributed by atoms with Gasteiger partial charge in [-0.3, -0.25) is 5.10 Å². The van der Waals surface area contributed by atoms with Gasteiger partial charge in [0.15, 0.2) is 5.69 Å². The fraction of sp³-hybridized carbons (Fsp3) is 0.130. The highest BCUT2D eigenvalue weighted by Gasteiger charge is 2.13. The Hall–Kier alpha value is -3.09. The molecule has 5 rings (SSSR count). The van der Waals surface area contributed by atoms with Crippen LogP contribution in [0.15, 0.2) is 60.8 Å².